The topological polar surface area (TPSA) is 51.8 Å². The van der Waals surface area contributed by atoms with Crippen molar-refractivity contribution in [3.05, 3.63) is 21.9 Å². The van der Waals surface area contributed by atoms with Gasteiger partial charge >= 0.3 is 0 Å². The van der Waals surface area contributed by atoms with Crippen LogP contribution in [0.4, 0.5) is 0 Å². The fourth-order valence-corrected chi connectivity index (χ4v) is 2.41. The van der Waals surface area contributed by atoms with Crippen LogP contribution < -0.4 is 0 Å². The smallest absolute Gasteiger partial charge is 0.174 e. The second-order valence-corrected chi connectivity index (χ2v) is 4.98. The van der Waals surface area contributed by atoms with Crippen molar-refractivity contribution in [3.8, 4) is 0 Å². The van der Waals surface area contributed by atoms with Gasteiger partial charge in [0.1, 0.15) is 15.9 Å². The zero-order valence-electron chi connectivity index (χ0n) is 6.31. The highest BCUT2D eigenvalue weighted by atomic mass is 79.9. The minimum Gasteiger partial charge on any atom is -0.359 e. The molecule has 0 aliphatic rings. The summed E-state index contributed by atoms with van der Waals surface area (Å²) in [5, 5.41) is 11.3. The van der Waals surface area contributed by atoms with E-state index < -0.39 is 0 Å². The monoisotopic (exact) mass is 277 g/mol. The standard InChI is InChI=1S/C6H4BrN3OS2/c7-5-1-4(11-10-5)2-12-6-9-8-3-13-6/h1,3H,2H2. The van der Waals surface area contributed by atoms with E-state index >= 15 is 0 Å². The first-order valence-corrected chi connectivity index (χ1v) is 6.00. The van der Waals surface area contributed by atoms with Gasteiger partial charge in [0.05, 0.1) is 5.75 Å². The van der Waals surface area contributed by atoms with Crippen LogP contribution in [0.15, 0.2) is 25.0 Å². The second-order valence-electron chi connectivity index (χ2n) is 2.11. The summed E-state index contributed by atoms with van der Waals surface area (Å²) in [6.45, 7) is 0. The van der Waals surface area contributed by atoms with E-state index in [0.717, 1.165) is 20.5 Å². The first-order chi connectivity index (χ1) is 6.34. The molecule has 2 heterocycles. The predicted molar refractivity (Wildman–Crippen MR) is 53.7 cm³/mol. The molecule has 0 radical (unpaired) electrons. The maximum absolute atomic E-state index is 5.00. The molecule has 0 saturated carbocycles. The van der Waals surface area contributed by atoms with E-state index in [1.807, 2.05) is 6.07 Å². The van der Waals surface area contributed by atoms with Crippen molar-refractivity contribution < 1.29 is 4.52 Å². The van der Waals surface area contributed by atoms with Crippen molar-refractivity contribution in [2.45, 2.75) is 10.1 Å². The number of aromatic nitrogens is 3. The Bertz CT molecular complexity index is 375. The Hall–Kier alpha value is -0.400. The lowest BCUT2D eigenvalue weighted by atomic mass is 10.5. The van der Waals surface area contributed by atoms with Gasteiger partial charge in [-0.2, -0.15) is 0 Å². The molecule has 0 atom stereocenters. The number of thioether (sulfide) groups is 1. The molecule has 0 saturated heterocycles. The van der Waals surface area contributed by atoms with Crippen LogP contribution in [-0.2, 0) is 5.75 Å². The van der Waals surface area contributed by atoms with E-state index in [2.05, 4.69) is 31.3 Å². The molecule has 4 nitrogen and oxygen atoms in total. The normalized spacial score (nSPS) is 10.5. The SMILES string of the molecule is Brc1cc(CSc2nncs2)on1. The molecule has 2 aromatic heterocycles. The summed E-state index contributed by atoms with van der Waals surface area (Å²) in [7, 11) is 0. The predicted octanol–water partition coefficient (Wildman–Crippen LogP) is 2.58. The van der Waals surface area contributed by atoms with Gasteiger partial charge in [0, 0.05) is 6.07 Å². The molecule has 0 N–H and O–H groups in total. The summed E-state index contributed by atoms with van der Waals surface area (Å²) in [5.41, 5.74) is 1.71. The van der Waals surface area contributed by atoms with Crippen molar-refractivity contribution in [1.29, 1.82) is 0 Å². The summed E-state index contributed by atoms with van der Waals surface area (Å²) in [6, 6.07) is 1.84. The number of hydrogen-bond acceptors (Lipinski definition) is 6. The lowest BCUT2D eigenvalue weighted by Gasteiger charge is -1.89. The van der Waals surface area contributed by atoms with Gasteiger partial charge in [0.25, 0.3) is 0 Å². The third kappa shape index (κ3) is 2.52. The van der Waals surface area contributed by atoms with Gasteiger partial charge in [-0.05, 0) is 15.9 Å². The second kappa shape index (κ2) is 4.21. The molecule has 0 fully saturated rings. The van der Waals surface area contributed by atoms with Gasteiger partial charge in [0.15, 0.2) is 4.34 Å². The summed E-state index contributed by atoms with van der Waals surface area (Å²) < 4.78 is 6.66. The third-order valence-corrected chi connectivity index (χ3v) is 3.46. The maximum Gasteiger partial charge on any atom is 0.174 e. The molecule has 2 aromatic rings. The lowest BCUT2D eigenvalue weighted by Crippen LogP contribution is -1.75. The van der Waals surface area contributed by atoms with Gasteiger partial charge in [-0.15, -0.1) is 10.2 Å². The molecule has 0 bridgehead atoms. The van der Waals surface area contributed by atoms with Crippen molar-refractivity contribution in [3.63, 3.8) is 0 Å². The van der Waals surface area contributed by atoms with Crippen LogP contribution in [0.25, 0.3) is 0 Å². The fourth-order valence-electron chi connectivity index (χ4n) is 0.714. The number of nitrogens with zero attached hydrogens (tertiary/aromatic N) is 3. The van der Waals surface area contributed by atoms with Crippen molar-refractivity contribution >= 4 is 39.0 Å². The average molecular weight is 278 g/mol. The Morgan fingerprint density at radius 2 is 2.54 bits per heavy atom. The molecule has 0 aromatic carbocycles. The summed E-state index contributed by atoms with van der Waals surface area (Å²) >= 11 is 6.31. The van der Waals surface area contributed by atoms with E-state index in [-0.39, 0.29) is 0 Å². The number of hydrogen-bond donors (Lipinski definition) is 0. The molecule has 7 heteroatoms. The van der Waals surface area contributed by atoms with Crippen LogP contribution in [0.5, 0.6) is 0 Å². The van der Waals surface area contributed by atoms with Gasteiger partial charge < -0.3 is 4.52 Å². The molecule has 2 rings (SSSR count). The molecule has 0 amide bonds. The molecule has 0 aliphatic heterocycles. The lowest BCUT2D eigenvalue weighted by molar-refractivity contribution is 0.391. The molecule has 68 valence electrons. The van der Waals surface area contributed by atoms with Crippen LogP contribution >= 0.6 is 39.0 Å². The Balaban J connectivity index is 1.93. The van der Waals surface area contributed by atoms with E-state index in [9.17, 15) is 0 Å². The third-order valence-electron chi connectivity index (χ3n) is 1.21. The highest BCUT2D eigenvalue weighted by Crippen LogP contribution is 2.24. The Morgan fingerprint density at radius 1 is 1.62 bits per heavy atom. The van der Waals surface area contributed by atoms with Crippen LogP contribution in [0.1, 0.15) is 5.76 Å². The van der Waals surface area contributed by atoms with Gasteiger partial charge in [-0.1, -0.05) is 28.3 Å². The van der Waals surface area contributed by atoms with Crippen LogP contribution in [0, 0.1) is 0 Å². The molecular formula is C6H4BrN3OS2. The largest absolute Gasteiger partial charge is 0.359 e. The Labute approximate surface area is 90.9 Å². The fraction of sp³-hybridized carbons (Fsp3) is 0.167. The molecular weight excluding hydrogens is 274 g/mol. The first-order valence-electron chi connectivity index (χ1n) is 3.34. The molecule has 0 aliphatic carbocycles. The van der Waals surface area contributed by atoms with E-state index in [1.54, 1.807) is 17.3 Å². The first kappa shape index (κ1) is 9.17. The summed E-state index contributed by atoms with van der Waals surface area (Å²) in [6.07, 6.45) is 0. The van der Waals surface area contributed by atoms with Crippen molar-refractivity contribution in [2.75, 3.05) is 0 Å². The van der Waals surface area contributed by atoms with E-state index in [1.165, 1.54) is 11.3 Å². The highest BCUT2D eigenvalue weighted by Gasteiger charge is 2.04. The minimum atomic E-state index is 0.723. The molecule has 0 spiro atoms. The molecule has 13 heavy (non-hydrogen) atoms. The summed E-state index contributed by atoms with van der Waals surface area (Å²) in [5.74, 6) is 1.56. The van der Waals surface area contributed by atoms with Crippen molar-refractivity contribution in [1.82, 2.24) is 15.4 Å². The zero-order valence-corrected chi connectivity index (χ0v) is 9.53. The van der Waals surface area contributed by atoms with Gasteiger partial charge in [-0.25, -0.2) is 0 Å². The maximum atomic E-state index is 5.00. The quantitative estimate of drug-likeness (QED) is 0.808. The number of rotatable bonds is 3. The zero-order chi connectivity index (χ0) is 9.10. The number of halogens is 1. The van der Waals surface area contributed by atoms with E-state index in [4.69, 9.17) is 4.52 Å². The Kier molecular flexibility index (Phi) is 2.97. The summed E-state index contributed by atoms with van der Waals surface area (Å²) in [4.78, 5) is 0. The van der Waals surface area contributed by atoms with Crippen molar-refractivity contribution in [2.24, 2.45) is 0 Å². The van der Waals surface area contributed by atoms with Crippen LogP contribution in [-0.4, -0.2) is 15.4 Å². The van der Waals surface area contributed by atoms with E-state index in [0.29, 0.717) is 0 Å². The highest BCUT2D eigenvalue weighted by molar-refractivity contribution is 9.10. The van der Waals surface area contributed by atoms with Gasteiger partial charge in [-0.3, -0.25) is 0 Å². The Morgan fingerprint density at radius 3 is 3.15 bits per heavy atom. The molecule has 0 unspecified atom stereocenters. The van der Waals surface area contributed by atoms with Gasteiger partial charge in [0.2, 0.25) is 0 Å². The van der Waals surface area contributed by atoms with Crippen LogP contribution in [0.2, 0.25) is 0 Å². The van der Waals surface area contributed by atoms with Crippen LogP contribution in [0.3, 0.4) is 0 Å². The minimum absolute atomic E-state index is 0.723. The average Bonchev–Trinajstić information content (AvgIpc) is 2.71.